The van der Waals surface area contributed by atoms with Gasteiger partial charge in [-0.2, -0.15) is 0 Å². The van der Waals surface area contributed by atoms with Gasteiger partial charge in [-0.25, -0.2) is 4.98 Å². The monoisotopic (exact) mass is 317 g/mol. The predicted molar refractivity (Wildman–Crippen MR) is 94.8 cm³/mol. The Hall–Kier alpha value is -1.82. The van der Waals surface area contributed by atoms with Crippen molar-refractivity contribution in [1.29, 1.82) is 0 Å². The van der Waals surface area contributed by atoms with Gasteiger partial charge >= 0.3 is 0 Å². The molecule has 2 aromatic rings. The maximum absolute atomic E-state index is 4.61. The van der Waals surface area contributed by atoms with E-state index in [2.05, 4.69) is 45.8 Å². The van der Waals surface area contributed by atoms with Crippen molar-refractivity contribution in [3.8, 4) is 0 Å². The average molecular weight is 317 g/mol. The Bertz CT molecular complexity index is 618. The van der Waals surface area contributed by atoms with Crippen LogP contribution in [0.3, 0.4) is 0 Å². The van der Waals surface area contributed by atoms with Gasteiger partial charge in [0.2, 0.25) is 0 Å². The smallest absolute Gasteiger partial charge is 0.191 e. The largest absolute Gasteiger partial charge is 0.360 e. The number of nitrogens with one attached hydrogen (secondary N) is 3. The van der Waals surface area contributed by atoms with Gasteiger partial charge in [-0.3, -0.25) is 4.99 Å². The number of rotatable bonds is 6. The molecule has 118 valence electrons. The first kappa shape index (κ1) is 15.1. The summed E-state index contributed by atoms with van der Waals surface area (Å²) < 4.78 is 1.21. The van der Waals surface area contributed by atoms with Gasteiger partial charge in [0, 0.05) is 19.1 Å². The molecule has 3 rings (SSSR count). The zero-order valence-corrected chi connectivity index (χ0v) is 13.9. The van der Waals surface area contributed by atoms with Crippen LogP contribution in [0.4, 0.5) is 5.13 Å². The van der Waals surface area contributed by atoms with E-state index in [-0.39, 0.29) is 0 Å². The molecule has 1 saturated carbocycles. The highest BCUT2D eigenvalue weighted by Gasteiger charge is 2.33. The third-order valence-corrected chi connectivity index (χ3v) is 4.72. The Morgan fingerprint density at radius 1 is 1.41 bits per heavy atom. The number of aromatic nitrogens is 1. The van der Waals surface area contributed by atoms with Crippen molar-refractivity contribution in [2.24, 2.45) is 10.9 Å². The van der Waals surface area contributed by atoms with Crippen LogP contribution in [0.1, 0.15) is 20.3 Å². The maximum atomic E-state index is 4.61. The lowest BCUT2D eigenvalue weighted by atomic mass is 10.3. The Labute approximate surface area is 135 Å². The quantitative estimate of drug-likeness (QED) is 0.435. The van der Waals surface area contributed by atoms with Crippen molar-refractivity contribution in [3.05, 3.63) is 24.3 Å². The number of hydrogen-bond acceptors (Lipinski definition) is 4. The van der Waals surface area contributed by atoms with E-state index in [1.54, 1.807) is 11.3 Å². The number of para-hydroxylation sites is 1. The molecule has 2 atom stereocenters. The number of fused-ring (bicyclic) bond motifs is 1. The molecule has 1 fully saturated rings. The summed E-state index contributed by atoms with van der Waals surface area (Å²) in [5, 5.41) is 11.1. The van der Waals surface area contributed by atoms with Crippen LogP contribution < -0.4 is 16.0 Å². The van der Waals surface area contributed by atoms with Gasteiger partial charge in [0.25, 0.3) is 0 Å². The minimum Gasteiger partial charge on any atom is -0.360 e. The molecular formula is C16H23N5S. The van der Waals surface area contributed by atoms with Gasteiger partial charge < -0.3 is 16.0 Å². The molecule has 1 aromatic heterocycles. The Morgan fingerprint density at radius 2 is 2.23 bits per heavy atom. The molecule has 1 aliphatic rings. The Morgan fingerprint density at radius 3 is 2.95 bits per heavy atom. The van der Waals surface area contributed by atoms with Crippen molar-refractivity contribution in [1.82, 2.24) is 15.6 Å². The van der Waals surface area contributed by atoms with Crippen molar-refractivity contribution < 1.29 is 0 Å². The van der Waals surface area contributed by atoms with E-state index in [1.807, 2.05) is 18.2 Å². The van der Waals surface area contributed by atoms with E-state index >= 15 is 0 Å². The summed E-state index contributed by atoms with van der Waals surface area (Å²) in [6.45, 7) is 6.75. The SMILES string of the molecule is CCNC(=NCCNc1nc2ccccc2s1)NC1CC1C. The fourth-order valence-electron chi connectivity index (χ4n) is 2.30. The van der Waals surface area contributed by atoms with Gasteiger partial charge in [-0.15, -0.1) is 0 Å². The number of guanidine groups is 1. The molecule has 0 aliphatic heterocycles. The Kier molecular flexibility index (Phi) is 4.77. The van der Waals surface area contributed by atoms with Crippen LogP contribution >= 0.6 is 11.3 Å². The highest BCUT2D eigenvalue weighted by atomic mass is 32.1. The topological polar surface area (TPSA) is 61.3 Å². The second kappa shape index (κ2) is 6.96. The number of nitrogens with zero attached hydrogens (tertiary/aromatic N) is 2. The van der Waals surface area contributed by atoms with Crippen molar-refractivity contribution in [2.45, 2.75) is 26.3 Å². The van der Waals surface area contributed by atoms with E-state index in [0.29, 0.717) is 6.04 Å². The number of aliphatic imine (C=N–C) groups is 1. The summed E-state index contributed by atoms with van der Waals surface area (Å²) in [7, 11) is 0. The minimum atomic E-state index is 0.593. The molecule has 1 heterocycles. The predicted octanol–water partition coefficient (Wildman–Crippen LogP) is 2.67. The van der Waals surface area contributed by atoms with E-state index in [9.17, 15) is 0 Å². The summed E-state index contributed by atoms with van der Waals surface area (Å²) in [6.07, 6.45) is 1.24. The van der Waals surface area contributed by atoms with Crippen LogP contribution in [-0.2, 0) is 0 Å². The summed E-state index contributed by atoms with van der Waals surface area (Å²) in [5.41, 5.74) is 1.05. The second-order valence-electron chi connectivity index (χ2n) is 5.64. The first-order valence-electron chi connectivity index (χ1n) is 7.90. The van der Waals surface area contributed by atoms with Gasteiger partial charge in [-0.1, -0.05) is 30.4 Å². The maximum Gasteiger partial charge on any atom is 0.191 e. The molecule has 0 radical (unpaired) electrons. The molecular weight excluding hydrogens is 294 g/mol. The highest BCUT2D eigenvalue weighted by Crippen LogP contribution is 2.28. The van der Waals surface area contributed by atoms with Crippen LogP contribution in [0.15, 0.2) is 29.3 Å². The fourth-order valence-corrected chi connectivity index (χ4v) is 3.19. The average Bonchev–Trinajstić information content (AvgIpc) is 3.05. The molecule has 22 heavy (non-hydrogen) atoms. The molecule has 1 aromatic carbocycles. The van der Waals surface area contributed by atoms with Gasteiger partial charge in [0.15, 0.2) is 11.1 Å². The van der Waals surface area contributed by atoms with Crippen molar-refractivity contribution >= 4 is 32.6 Å². The third-order valence-electron chi connectivity index (χ3n) is 3.73. The Balaban J connectivity index is 1.49. The van der Waals surface area contributed by atoms with Gasteiger partial charge in [-0.05, 0) is 31.4 Å². The summed E-state index contributed by atoms with van der Waals surface area (Å²) in [4.78, 5) is 9.17. The zero-order chi connectivity index (χ0) is 15.4. The fraction of sp³-hybridized carbons (Fsp3) is 0.500. The second-order valence-corrected chi connectivity index (χ2v) is 6.67. The lowest BCUT2D eigenvalue weighted by Gasteiger charge is -2.10. The standard InChI is InChI=1S/C16H23N5S/c1-3-17-15(20-13-10-11(13)2)18-8-9-19-16-21-12-6-4-5-7-14(12)22-16/h4-7,11,13H,3,8-10H2,1-2H3,(H,19,21)(H2,17,18,20). The molecule has 0 saturated heterocycles. The number of hydrogen-bond donors (Lipinski definition) is 3. The number of thiazole rings is 1. The molecule has 0 amide bonds. The first-order valence-corrected chi connectivity index (χ1v) is 8.72. The van der Waals surface area contributed by atoms with E-state index in [4.69, 9.17) is 0 Å². The minimum absolute atomic E-state index is 0.593. The normalized spacial score (nSPS) is 20.9. The lowest BCUT2D eigenvalue weighted by Crippen LogP contribution is -2.39. The van der Waals surface area contributed by atoms with Crippen LogP contribution in [0.2, 0.25) is 0 Å². The highest BCUT2D eigenvalue weighted by molar-refractivity contribution is 7.22. The van der Waals surface area contributed by atoms with Crippen molar-refractivity contribution in [3.63, 3.8) is 0 Å². The summed E-state index contributed by atoms with van der Waals surface area (Å²) in [6, 6.07) is 8.79. The summed E-state index contributed by atoms with van der Waals surface area (Å²) >= 11 is 1.69. The van der Waals surface area contributed by atoms with Crippen molar-refractivity contribution in [2.75, 3.05) is 25.0 Å². The number of benzene rings is 1. The van der Waals surface area contributed by atoms with Crippen LogP contribution in [0.5, 0.6) is 0 Å². The molecule has 1 aliphatic carbocycles. The van der Waals surface area contributed by atoms with Crippen LogP contribution in [-0.4, -0.2) is 36.6 Å². The van der Waals surface area contributed by atoms with Crippen LogP contribution in [0.25, 0.3) is 10.2 Å². The third kappa shape index (κ3) is 3.88. The van der Waals surface area contributed by atoms with E-state index in [1.165, 1.54) is 11.1 Å². The lowest BCUT2D eigenvalue weighted by molar-refractivity contribution is 0.767. The number of anilines is 1. The van der Waals surface area contributed by atoms with E-state index < -0.39 is 0 Å². The van der Waals surface area contributed by atoms with E-state index in [0.717, 1.165) is 42.2 Å². The molecule has 3 N–H and O–H groups in total. The molecule has 0 bridgehead atoms. The van der Waals surface area contributed by atoms with Crippen LogP contribution in [0, 0.1) is 5.92 Å². The molecule has 5 nitrogen and oxygen atoms in total. The zero-order valence-electron chi connectivity index (χ0n) is 13.1. The molecule has 6 heteroatoms. The summed E-state index contributed by atoms with van der Waals surface area (Å²) in [5.74, 6) is 1.69. The van der Waals surface area contributed by atoms with Gasteiger partial charge in [0.1, 0.15) is 0 Å². The molecule has 0 spiro atoms. The molecule has 2 unspecified atom stereocenters. The first-order chi connectivity index (χ1) is 10.8. The van der Waals surface area contributed by atoms with Gasteiger partial charge in [0.05, 0.1) is 16.8 Å².